The summed E-state index contributed by atoms with van der Waals surface area (Å²) < 4.78 is 0. The van der Waals surface area contributed by atoms with Gasteiger partial charge in [-0.1, -0.05) is 107 Å². The molecule has 204 valence electrons. The fraction of sp³-hybridized carbons (Fsp3) is 0.256. The number of allylic oxidation sites excluding steroid dienone is 8. The molecule has 41 heavy (non-hydrogen) atoms. The largest absolute Gasteiger partial charge is 0.347 e. The van der Waals surface area contributed by atoms with E-state index in [4.69, 9.17) is 4.99 Å². The van der Waals surface area contributed by atoms with Gasteiger partial charge in [0.15, 0.2) is 0 Å². The predicted molar refractivity (Wildman–Crippen MR) is 177 cm³/mol. The zero-order valence-corrected chi connectivity index (χ0v) is 24.8. The molecular formula is C39H38N2. The number of fused-ring (bicyclic) bond motifs is 6. The van der Waals surface area contributed by atoms with Crippen LogP contribution in [-0.4, -0.2) is 12.8 Å². The van der Waals surface area contributed by atoms with Crippen LogP contribution in [0.25, 0.3) is 21.5 Å². The molecule has 4 aromatic carbocycles. The lowest BCUT2D eigenvalue weighted by Crippen LogP contribution is -2.24. The fourth-order valence-electron chi connectivity index (χ4n) is 7.36. The van der Waals surface area contributed by atoms with Crippen LogP contribution in [0.4, 0.5) is 11.4 Å². The molecule has 0 atom stereocenters. The van der Waals surface area contributed by atoms with E-state index >= 15 is 0 Å². The minimum absolute atomic E-state index is 0.0610. The highest BCUT2D eigenvalue weighted by Crippen LogP contribution is 2.50. The number of hydrogen-bond donors (Lipinski definition) is 0. The van der Waals surface area contributed by atoms with Crippen molar-refractivity contribution >= 4 is 38.6 Å². The van der Waals surface area contributed by atoms with Crippen LogP contribution in [0.3, 0.4) is 0 Å². The second kappa shape index (κ2) is 9.45. The zero-order valence-electron chi connectivity index (χ0n) is 24.8. The van der Waals surface area contributed by atoms with Gasteiger partial charge in [0.25, 0.3) is 0 Å². The Kier molecular flexibility index (Phi) is 5.94. The Balaban J connectivity index is 1.17. The average molecular weight is 535 g/mol. The molecule has 0 saturated carbocycles. The fourth-order valence-corrected chi connectivity index (χ4v) is 7.36. The standard InChI is InChI=1S/C39H38N2/c1-38(2)34(40-32-21-19-28-13-6-8-15-30(28)36(32)38)23-17-26-11-10-12-27(25-26)18-24-35-39(3,4)37-31-16-9-7-14-29(31)20-22-33(37)41(35)5/h6-9,13-25H,10-12H2,1-5H3/b23-17+,27-18+,35-24+. The van der Waals surface area contributed by atoms with Crippen LogP contribution in [0.15, 0.2) is 125 Å². The van der Waals surface area contributed by atoms with Gasteiger partial charge in [-0.15, -0.1) is 0 Å². The first-order chi connectivity index (χ1) is 19.7. The van der Waals surface area contributed by atoms with E-state index < -0.39 is 0 Å². The summed E-state index contributed by atoms with van der Waals surface area (Å²) >= 11 is 0. The van der Waals surface area contributed by atoms with Gasteiger partial charge in [0.1, 0.15) is 0 Å². The lowest BCUT2D eigenvalue weighted by molar-refractivity contribution is 0.645. The summed E-state index contributed by atoms with van der Waals surface area (Å²) in [7, 11) is 2.21. The first kappa shape index (κ1) is 25.8. The van der Waals surface area contributed by atoms with E-state index in [1.54, 1.807) is 0 Å². The topological polar surface area (TPSA) is 15.6 Å². The maximum atomic E-state index is 5.09. The number of nitrogens with zero attached hydrogens (tertiary/aromatic N) is 2. The van der Waals surface area contributed by atoms with Gasteiger partial charge in [0.2, 0.25) is 0 Å². The molecule has 7 rings (SSSR count). The van der Waals surface area contributed by atoms with E-state index in [9.17, 15) is 0 Å². The van der Waals surface area contributed by atoms with Crippen molar-refractivity contribution in [3.63, 3.8) is 0 Å². The Hall–Kier alpha value is -4.17. The summed E-state index contributed by atoms with van der Waals surface area (Å²) in [6, 6.07) is 26.4. The minimum Gasteiger partial charge on any atom is -0.347 e. The molecule has 2 nitrogen and oxygen atoms in total. The molecule has 0 spiro atoms. The maximum Gasteiger partial charge on any atom is 0.0681 e. The van der Waals surface area contributed by atoms with Crippen molar-refractivity contribution < 1.29 is 0 Å². The van der Waals surface area contributed by atoms with E-state index in [0.29, 0.717) is 0 Å². The zero-order chi connectivity index (χ0) is 28.4. The number of rotatable bonds is 3. The van der Waals surface area contributed by atoms with Crippen molar-refractivity contribution in [3.05, 3.63) is 131 Å². The maximum absolute atomic E-state index is 5.09. The monoisotopic (exact) mass is 534 g/mol. The van der Waals surface area contributed by atoms with Gasteiger partial charge in [-0.2, -0.15) is 0 Å². The summed E-state index contributed by atoms with van der Waals surface area (Å²) in [6.07, 6.45) is 15.1. The second-order valence-corrected chi connectivity index (χ2v) is 12.9. The molecule has 0 bridgehead atoms. The molecule has 0 aromatic heterocycles. The van der Waals surface area contributed by atoms with E-state index in [1.807, 2.05) is 0 Å². The number of likely N-dealkylation sites (N-methyl/N-ethyl adjacent to an activating group) is 1. The highest BCUT2D eigenvalue weighted by Gasteiger charge is 2.39. The minimum atomic E-state index is -0.122. The van der Waals surface area contributed by atoms with Gasteiger partial charge < -0.3 is 4.90 Å². The van der Waals surface area contributed by atoms with E-state index in [2.05, 4.69) is 143 Å². The Bertz CT molecular complexity index is 1870. The van der Waals surface area contributed by atoms with Gasteiger partial charge in [0.05, 0.1) is 11.4 Å². The van der Waals surface area contributed by atoms with Gasteiger partial charge in [-0.3, -0.25) is 4.99 Å². The van der Waals surface area contributed by atoms with Crippen molar-refractivity contribution in [2.45, 2.75) is 57.8 Å². The van der Waals surface area contributed by atoms with E-state index in [1.165, 1.54) is 61.6 Å². The Morgan fingerprint density at radius 1 is 0.707 bits per heavy atom. The van der Waals surface area contributed by atoms with Gasteiger partial charge >= 0.3 is 0 Å². The second-order valence-electron chi connectivity index (χ2n) is 12.9. The van der Waals surface area contributed by atoms with Crippen LogP contribution in [0.5, 0.6) is 0 Å². The molecule has 1 aliphatic carbocycles. The first-order valence-electron chi connectivity index (χ1n) is 14.9. The van der Waals surface area contributed by atoms with Crippen LogP contribution < -0.4 is 4.90 Å². The molecule has 2 aliphatic heterocycles. The summed E-state index contributed by atoms with van der Waals surface area (Å²) in [5.41, 5.74) is 10.3. The van der Waals surface area contributed by atoms with Gasteiger partial charge in [0, 0.05) is 29.3 Å². The van der Waals surface area contributed by atoms with Crippen LogP contribution in [0.1, 0.15) is 58.1 Å². The van der Waals surface area contributed by atoms with Crippen LogP contribution in [0.2, 0.25) is 0 Å². The van der Waals surface area contributed by atoms with E-state index in [-0.39, 0.29) is 10.8 Å². The molecule has 2 heterocycles. The smallest absolute Gasteiger partial charge is 0.0681 e. The van der Waals surface area contributed by atoms with Crippen molar-refractivity contribution in [3.8, 4) is 0 Å². The third-order valence-corrected chi connectivity index (χ3v) is 9.52. The lowest BCUT2D eigenvalue weighted by Gasteiger charge is -2.24. The molecule has 0 N–H and O–H groups in total. The van der Waals surface area contributed by atoms with Gasteiger partial charge in [-0.05, 0) is 87.4 Å². The summed E-state index contributed by atoms with van der Waals surface area (Å²) in [4.78, 5) is 7.47. The molecule has 0 unspecified atom stereocenters. The summed E-state index contributed by atoms with van der Waals surface area (Å²) in [6.45, 7) is 9.34. The average Bonchev–Trinajstić information content (AvgIpc) is 3.35. The van der Waals surface area contributed by atoms with E-state index in [0.717, 1.165) is 24.2 Å². The molecule has 0 radical (unpaired) electrons. The Morgan fingerprint density at radius 2 is 1.39 bits per heavy atom. The SMILES string of the molecule is CN1/C(=C/C=C2C=C(/C=C/C3=Nc4ccc5ccccc5c4C3(C)C)CCC/2)C(C)(C)c2c1ccc1ccccc21. The first-order valence-corrected chi connectivity index (χ1v) is 14.9. The number of aliphatic imine (C=N–C) groups is 1. The molecule has 0 saturated heterocycles. The number of anilines is 1. The van der Waals surface area contributed by atoms with Crippen molar-refractivity contribution in [1.29, 1.82) is 0 Å². The van der Waals surface area contributed by atoms with Crippen molar-refractivity contribution in [2.24, 2.45) is 4.99 Å². The summed E-state index contributed by atoms with van der Waals surface area (Å²) in [5, 5.41) is 5.26. The number of hydrogen-bond acceptors (Lipinski definition) is 2. The third kappa shape index (κ3) is 4.11. The highest BCUT2D eigenvalue weighted by molar-refractivity contribution is 6.12. The van der Waals surface area contributed by atoms with Crippen LogP contribution in [-0.2, 0) is 10.8 Å². The molecule has 0 amide bonds. The third-order valence-electron chi connectivity index (χ3n) is 9.52. The number of benzene rings is 4. The molecule has 2 heteroatoms. The quantitative estimate of drug-likeness (QED) is 0.255. The van der Waals surface area contributed by atoms with Crippen molar-refractivity contribution in [1.82, 2.24) is 0 Å². The normalized spacial score (nSPS) is 21.1. The molecule has 3 aliphatic rings. The predicted octanol–water partition coefficient (Wildman–Crippen LogP) is 10.3. The van der Waals surface area contributed by atoms with Crippen LogP contribution in [0, 0.1) is 0 Å². The van der Waals surface area contributed by atoms with Gasteiger partial charge in [-0.25, -0.2) is 0 Å². The molecular weight excluding hydrogens is 496 g/mol. The summed E-state index contributed by atoms with van der Waals surface area (Å²) in [5.74, 6) is 0. The van der Waals surface area contributed by atoms with Crippen LogP contribution >= 0.6 is 0 Å². The lowest BCUT2D eigenvalue weighted by atomic mass is 9.79. The molecule has 4 aromatic rings. The molecule has 0 fully saturated rings. The Labute approximate surface area is 244 Å². The highest BCUT2D eigenvalue weighted by atomic mass is 15.2. The Morgan fingerprint density at radius 3 is 2.15 bits per heavy atom. The van der Waals surface area contributed by atoms with Crippen molar-refractivity contribution in [2.75, 3.05) is 11.9 Å².